The Bertz CT molecular complexity index is 605. The van der Waals surface area contributed by atoms with Crippen LogP contribution in [-0.4, -0.2) is 33.5 Å². The third-order valence-corrected chi connectivity index (χ3v) is 10.2. The summed E-state index contributed by atoms with van der Waals surface area (Å²) in [5.41, 5.74) is 0.523. The maximum Gasteiger partial charge on any atom is 0.303 e. The quantitative estimate of drug-likeness (QED) is 0.659. The number of hydrogen-bond donors (Lipinski definition) is 3. The molecule has 28 heavy (non-hydrogen) atoms. The fourth-order valence-corrected chi connectivity index (χ4v) is 8.73. The Labute approximate surface area is 170 Å². The van der Waals surface area contributed by atoms with Gasteiger partial charge in [-0.15, -0.1) is 0 Å². The number of rotatable bonds is 4. The number of aliphatic hydroxyl groups is 2. The molecule has 0 aromatic heterocycles. The van der Waals surface area contributed by atoms with E-state index >= 15 is 0 Å². The highest BCUT2D eigenvalue weighted by atomic mass is 16.4. The Balaban J connectivity index is 1.55. The number of aliphatic carboxylic acids is 1. The van der Waals surface area contributed by atoms with E-state index in [2.05, 4.69) is 20.8 Å². The van der Waals surface area contributed by atoms with Crippen LogP contribution in [0, 0.1) is 46.3 Å². The molecule has 0 aromatic rings. The van der Waals surface area contributed by atoms with Gasteiger partial charge in [-0.3, -0.25) is 4.79 Å². The van der Waals surface area contributed by atoms with Gasteiger partial charge in [-0.05, 0) is 104 Å². The van der Waals surface area contributed by atoms with Crippen LogP contribution in [-0.2, 0) is 4.79 Å². The number of carbonyl (C=O) groups is 1. The van der Waals surface area contributed by atoms with Crippen molar-refractivity contribution in [2.45, 2.75) is 97.2 Å². The lowest BCUT2D eigenvalue weighted by Crippen LogP contribution is -2.58. The molecular weight excluding hydrogens is 352 g/mol. The first-order valence-corrected chi connectivity index (χ1v) is 11.7. The summed E-state index contributed by atoms with van der Waals surface area (Å²) in [4.78, 5) is 11.1. The van der Waals surface area contributed by atoms with Gasteiger partial charge >= 0.3 is 5.97 Å². The highest BCUT2D eigenvalue weighted by Crippen LogP contribution is 2.68. The molecule has 5 unspecified atom stereocenters. The molecular formula is C24H40O4. The molecule has 0 amide bonds. The zero-order valence-electron chi connectivity index (χ0n) is 17.9. The lowest BCUT2D eigenvalue weighted by molar-refractivity contribution is -0.174. The first-order valence-electron chi connectivity index (χ1n) is 11.7. The van der Waals surface area contributed by atoms with Crippen LogP contribution in [0.2, 0.25) is 0 Å². The van der Waals surface area contributed by atoms with E-state index in [0.717, 1.165) is 32.1 Å². The van der Waals surface area contributed by atoms with Crippen molar-refractivity contribution in [1.29, 1.82) is 0 Å². The molecule has 0 saturated heterocycles. The van der Waals surface area contributed by atoms with Gasteiger partial charge in [-0.2, -0.15) is 0 Å². The maximum atomic E-state index is 11.2. The van der Waals surface area contributed by atoms with E-state index in [1.54, 1.807) is 0 Å². The molecule has 0 bridgehead atoms. The molecule has 3 N–H and O–H groups in total. The Morgan fingerprint density at radius 1 is 1.00 bits per heavy atom. The van der Waals surface area contributed by atoms with Gasteiger partial charge in [0.15, 0.2) is 0 Å². The maximum absolute atomic E-state index is 11.2. The molecule has 4 saturated carbocycles. The Morgan fingerprint density at radius 2 is 1.68 bits per heavy atom. The molecule has 4 aliphatic rings. The summed E-state index contributed by atoms with van der Waals surface area (Å²) in [5.74, 6) is 2.36. The van der Waals surface area contributed by atoms with Gasteiger partial charge in [0, 0.05) is 6.42 Å². The number of fused-ring (bicyclic) bond motifs is 5. The fourth-order valence-electron chi connectivity index (χ4n) is 8.73. The van der Waals surface area contributed by atoms with Crippen LogP contribution in [0.15, 0.2) is 0 Å². The Morgan fingerprint density at radius 3 is 2.39 bits per heavy atom. The van der Waals surface area contributed by atoms with Crippen LogP contribution >= 0.6 is 0 Å². The summed E-state index contributed by atoms with van der Waals surface area (Å²) in [6.45, 7) is 7.16. The average molecular weight is 393 g/mol. The minimum atomic E-state index is -0.684. The van der Waals surface area contributed by atoms with Gasteiger partial charge in [-0.1, -0.05) is 20.8 Å². The highest BCUT2D eigenvalue weighted by Gasteiger charge is 2.62. The molecule has 10 atom stereocenters. The predicted octanol–water partition coefficient (Wildman–Crippen LogP) is 4.48. The molecule has 0 spiro atoms. The van der Waals surface area contributed by atoms with Gasteiger partial charge in [0.25, 0.3) is 0 Å². The van der Waals surface area contributed by atoms with Crippen LogP contribution in [0.1, 0.15) is 85.0 Å². The normalized spacial score (nSPS) is 51.7. The van der Waals surface area contributed by atoms with E-state index in [-0.39, 0.29) is 29.5 Å². The lowest BCUT2D eigenvalue weighted by atomic mass is 9.43. The molecule has 4 nitrogen and oxygen atoms in total. The topological polar surface area (TPSA) is 77.8 Å². The van der Waals surface area contributed by atoms with Crippen LogP contribution in [0.3, 0.4) is 0 Å². The average Bonchev–Trinajstić information content (AvgIpc) is 2.98. The zero-order chi connectivity index (χ0) is 20.3. The van der Waals surface area contributed by atoms with E-state index in [1.165, 1.54) is 25.7 Å². The standard InChI is InChI=1S/C24H40O4/c1-14(4-7-21(27)28)17-5-6-18-22-19(9-11-24(17,18)3)23(2)10-8-16(25)12-15(23)13-20(22)26/h14-20,22,25-26H,4-13H2,1-3H3,(H,27,28)/t14-,15?,16-,17-,18+,19+,20?,22?,23?,24?/m0/s1. The van der Waals surface area contributed by atoms with Crippen LogP contribution < -0.4 is 0 Å². The number of hydrogen-bond acceptors (Lipinski definition) is 3. The van der Waals surface area contributed by atoms with Crippen molar-refractivity contribution in [2.24, 2.45) is 46.3 Å². The molecule has 4 aliphatic carbocycles. The van der Waals surface area contributed by atoms with E-state index in [9.17, 15) is 15.0 Å². The summed E-state index contributed by atoms with van der Waals surface area (Å²) < 4.78 is 0. The number of aliphatic hydroxyl groups excluding tert-OH is 2. The second kappa shape index (κ2) is 7.27. The van der Waals surface area contributed by atoms with Crippen molar-refractivity contribution in [2.75, 3.05) is 0 Å². The van der Waals surface area contributed by atoms with E-state index in [4.69, 9.17) is 5.11 Å². The molecule has 4 rings (SSSR count). The molecule has 0 aliphatic heterocycles. The number of carboxylic acid groups (broad SMARTS) is 1. The van der Waals surface area contributed by atoms with Gasteiger partial charge in [0.05, 0.1) is 12.2 Å². The van der Waals surface area contributed by atoms with Crippen LogP contribution in [0.5, 0.6) is 0 Å². The van der Waals surface area contributed by atoms with E-state index < -0.39 is 5.97 Å². The Hall–Kier alpha value is -0.610. The van der Waals surface area contributed by atoms with Gasteiger partial charge < -0.3 is 15.3 Å². The largest absolute Gasteiger partial charge is 0.481 e. The van der Waals surface area contributed by atoms with Crippen molar-refractivity contribution in [3.8, 4) is 0 Å². The monoisotopic (exact) mass is 392 g/mol. The molecule has 0 heterocycles. The van der Waals surface area contributed by atoms with Gasteiger partial charge in [-0.25, -0.2) is 0 Å². The van der Waals surface area contributed by atoms with E-state index in [1.807, 2.05) is 0 Å². The smallest absolute Gasteiger partial charge is 0.303 e. The van der Waals surface area contributed by atoms with Crippen LogP contribution in [0.4, 0.5) is 0 Å². The molecule has 4 fully saturated rings. The summed E-state index contributed by atoms with van der Waals surface area (Å²) in [6.07, 6.45) is 9.19. The summed E-state index contributed by atoms with van der Waals surface area (Å²) >= 11 is 0. The second-order valence-electron chi connectivity index (χ2n) is 11.4. The predicted molar refractivity (Wildman–Crippen MR) is 109 cm³/mol. The first kappa shape index (κ1) is 20.7. The van der Waals surface area contributed by atoms with Crippen molar-refractivity contribution >= 4 is 5.97 Å². The first-order chi connectivity index (χ1) is 13.2. The highest BCUT2D eigenvalue weighted by molar-refractivity contribution is 5.66. The molecule has 160 valence electrons. The van der Waals surface area contributed by atoms with Crippen molar-refractivity contribution in [3.05, 3.63) is 0 Å². The Kier molecular flexibility index (Phi) is 5.36. The zero-order valence-corrected chi connectivity index (χ0v) is 17.9. The van der Waals surface area contributed by atoms with E-state index in [0.29, 0.717) is 35.5 Å². The SMILES string of the molecule is C[C@@H](CCC(=O)O)[C@@H]1CC[C@@H]2C3C(O)CC4C[C@@H](O)CCC4(C)[C@@H]3CCC21C. The summed E-state index contributed by atoms with van der Waals surface area (Å²) in [5, 5.41) is 30.5. The van der Waals surface area contributed by atoms with Crippen molar-refractivity contribution in [1.82, 2.24) is 0 Å². The third-order valence-electron chi connectivity index (χ3n) is 10.2. The van der Waals surface area contributed by atoms with Crippen molar-refractivity contribution in [3.63, 3.8) is 0 Å². The minimum absolute atomic E-state index is 0.179. The third kappa shape index (κ3) is 3.14. The number of carboxylic acids is 1. The second-order valence-corrected chi connectivity index (χ2v) is 11.4. The summed E-state index contributed by atoms with van der Waals surface area (Å²) in [6, 6.07) is 0. The minimum Gasteiger partial charge on any atom is -0.481 e. The van der Waals surface area contributed by atoms with Crippen LogP contribution in [0.25, 0.3) is 0 Å². The summed E-state index contributed by atoms with van der Waals surface area (Å²) in [7, 11) is 0. The van der Waals surface area contributed by atoms with Gasteiger partial charge in [0.2, 0.25) is 0 Å². The molecule has 0 aromatic carbocycles. The lowest BCUT2D eigenvalue weighted by Gasteiger charge is -2.62. The fraction of sp³-hybridized carbons (Fsp3) is 0.958. The molecule has 4 heteroatoms. The van der Waals surface area contributed by atoms with Crippen molar-refractivity contribution < 1.29 is 20.1 Å². The molecule has 0 radical (unpaired) electrons. The van der Waals surface area contributed by atoms with Gasteiger partial charge in [0.1, 0.15) is 0 Å².